The summed E-state index contributed by atoms with van der Waals surface area (Å²) in [5, 5.41) is 0. The molecule has 0 aliphatic carbocycles. The van der Waals surface area contributed by atoms with Crippen LogP contribution in [-0.2, 0) is 0 Å². The van der Waals surface area contributed by atoms with E-state index in [1.807, 2.05) is 6.07 Å². The summed E-state index contributed by atoms with van der Waals surface area (Å²) in [7, 11) is 0. The third-order valence-corrected chi connectivity index (χ3v) is 4.46. The minimum atomic E-state index is 0.0429. The second kappa shape index (κ2) is 3.89. The first-order valence-corrected chi connectivity index (χ1v) is 6.01. The summed E-state index contributed by atoms with van der Waals surface area (Å²) in [5.41, 5.74) is 6.16. The summed E-state index contributed by atoms with van der Waals surface area (Å²) in [5.74, 6) is 0. The van der Waals surface area contributed by atoms with Gasteiger partial charge in [-0.25, -0.2) is 0 Å². The Kier molecular flexibility index (Phi) is 3.44. The minimum absolute atomic E-state index is 0.0429. The third kappa shape index (κ3) is 2.69. The van der Waals surface area contributed by atoms with Gasteiger partial charge in [-0.1, -0.05) is 32.4 Å². The van der Waals surface area contributed by atoms with Gasteiger partial charge in [0.15, 0.2) is 0 Å². The number of halogens is 2. The first kappa shape index (κ1) is 11.5. The monoisotopic (exact) mass is 281 g/mol. The Morgan fingerprint density at radius 1 is 1.54 bits per heavy atom. The van der Waals surface area contributed by atoms with Crippen LogP contribution in [0.3, 0.4) is 0 Å². The van der Waals surface area contributed by atoms with Gasteiger partial charge in [0.05, 0.1) is 0 Å². The molecule has 0 aliphatic heterocycles. The van der Waals surface area contributed by atoms with Crippen molar-refractivity contribution in [2.24, 2.45) is 11.1 Å². The van der Waals surface area contributed by atoms with Crippen LogP contribution in [-0.4, -0.2) is 0 Å². The topological polar surface area (TPSA) is 26.0 Å². The molecule has 0 aromatic carbocycles. The zero-order valence-electron chi connectivity index (χ0n) is 7.90. The zero-order chi connectivity index (χ0) is 10.2. The summed E-state index contributed by atoms with van der Waals surface area (Å²) in [6.07, 6.45) is 0. The van der Waals surface area contributed by atoms with E-state index in [0.29, 0.717) is 0 Å². The molecule has 0 bridgehead atoms. The van der Waals surface area contributed by atoms with Crippen molar-refractivity contribution in [2.75, 3.05) is 0 Å². The quantitative estimate of drug-likeness (QED) is 0.820. The molecule has 0 saturated heterocycles. The molecular weight excluding hydrogens is 270 g/mol. The molecule has 1 aromatic heterocycles. The van der Waals surface area contributed by atoms with Crippen LogP contribution >= 0.6 is 38.9 Å². The molecule has 74 valence electrons. The summed E-state index contributed by atoms with van der Waals surface area (Å²) >= 11 is 10.9. The Balaban J connectivity index is 2.96. The van der Waals surface area contributed by atoms with Crippen molar-refractivity contribution in [2.45, 2.75) is 26.8 Å². The van der Waals surface area contributed by atoms with Gasteiger partial charge in [0.2, 0.25) is 0 Å². The number of thiophene rings is 1. The summed E-state index contributed by atoms with van der Waals surface area (Å²) < 4.78 is 1.71. The summed E-state index contributed by atoms with van der Waals surface area (Å²) in [6.45, 7) is 6.37. The third-order valence-electron chi connectivity index (χ3n) is 1.90. The van der Waals surface area contributed by atoms with Crippen molar-refractivity contribution >= 4 is 38.9 Å². The Morgan fingerprint density at radius 3 is 2.38 bits per heavy atom. The molecule has 0 aliphatic rings. The molecule has 1 rings (SSSR count). The van der Waals surface area contributed by atoms with E-state index in [1.165, 1.54) is 0 Å². The highest BCUT2D eigenvalue weighted by Crippen LogP contribution is 2.39. The van der Waals surface area contributed by atoms with Crippen LogP contribution < -0.4 is 5.73 Å². The number of nitrogens with two attached hydrogens (primary N) is 1. The van der Waals surface area contributed by atoms with Gasteiger partial charge in [-0.15, -0.1) is 11.3 Å². The molecule has 1 heterocycles. The molecule has 1 nitrogen and oxygen atoms in total. The fourth-order valence-corrected chi connectivity index (χ4v) is 2.93. The van der Waals surface area contributed by atoms with Gasteiger partial charge in [0.25, 0.3) is 0 Å². The van der Waals surface area contributed by atoms with E-state index in [0.717, 1.165) is 13.7 Å². The van der Waals surface area contributed by atoms with E-state index in [9.17, 15) is 0 Å². The highest BCUT2D eigenvalue weighted by Gasteiger charge is 2.24. The maximum absolute atomic E-state index is 6.09. The Bertz CT molecular complexity index is 284. The van der Waals surface area contributed by atoms with Gasteiger partial charge in [0.1, 0.15) is 4.34 Å². The maximum atomic E-state index is 6.09. The molecule has 2 N–H and O–H groups in total. The number of rotatable bonds is 1. The van der Waals surface area contributed by atoms with Gasteiger partial charge < -0.3 is 5.73 Å². The van der Waals surface area contributed by atoms with Gasteiger partial charge in [-0.05, 0) is 27.4 Å². The van der Waals surface area contributed by atoms with Gasteiger partial charge in [0, 0.05) is 15.4 Å². The van der Waals surface area contributed by atoms with E-state index in [1.54, 1.807) is 11.3 Å². The molecule has 0 amide bonds. The second-order valence-electron chi connectivity index (χ2n) is 4.11. The molecule has 4 heteroatoms. The van der Waals surface area contributed by atoms with Crippen LogP contribution in [0.2, 0.25) is 4.34 Å². The van der Waals surface area contributed by atoms with E-state index in [2.05, 4.69) is 36.7 Å². The normalized spacial score (nSPS) is 14.6. The van der Waals surface area contributed by atoms with Crippen molar-refractivity contribution in [1.29, 1.82) is 0 Å². The first-order valence-electron chi connectivity index (χ1n) is 4.02. The van der Waals surface area contributed by atoms with Crippen LogP contribution in [0.5, 0.6) is 0 Å². The lowest BCUT2D eigenvalue weighted by Crippen LogP contribution is -2.25. The van der Waals surface area contributed by atoms with E-state index in [-0.39, 0.29) is 11.5 Å². The van der Waals surface area contributed by atoms with E-state index >= 15 is 0 Å². The standard InChI is InChI=1S/C9H13BrClNS/c1-9(2,3)7(12)6-4-5(10)8(11)13-6/h4,7H,12H2,1-3H3. The van der Waals surface area contributed by atoms with Crippen LogP contribution in [0.4, 0.5) is 0 Å². The van der Waals surface area contributed by atoms with Crippen molar-refractivity contribution < 1.29 is 0 Å². The minimum Gasteiger partial charge on any atom is -0.323 e. The van der Waals surface area contributed by atoms with E-state index in [4.69, 9.17) is 17.3 Å². The summed E-state index contributed by atoms with van der Waals surface area (Å²) in [4.78, 5) is 1.13. The van der Waals surface area contributed by atoms with Crippen LogP contribution in [0.15, 0.2) is 10.5 Å². The van der Waals surface area contributed by atoms with Crippen molar-refractivity contribution in [1.82, 2.24) is 0 Å². The average Bonchev–Trinajstić information content (AvgIpc) is 2.29. The molecule has 1 aromatic rings. The first-order chi connectivity index (χ1) is 5.82. The Labute approximate surface area is 96.4 Å². The number of hydrogen-bond acceptors (Lipinski definition) is 2. The fourth-order valence-electron chi connectivity index (χ4n) is 0.943. The highest BCUT2D eigenvalue weighted by atomic mass is 79.9. The van der Waals surface area contributed by atoms with E-state index < -0.39 is 0 Å². The lowest BCUT2D eigenvalue weighted by atomic mass is 9.87. The van der Waals surface area contributed by atoms with Crippen LogP contribution in [0.1, 0.15) is 31.7 Å². The smallest absolute Gasteiger partial charge is 0.107 e. The molecule has 13 heavy (non-hydrogen) atoms. The lowest BCUT2D eigenvalue weighted by Gasteiger charge is -2.25. The molecular formula is C9H13BrClNS. The van der Waals surface area contributed by atoms with Crippen molar-refractivity contribution in [3.8, 4) is 0 Å². The van der Waals surface area contributed by atoms with Gasteiger partial charge >= 0.3 is 0 Å². The average molecular weight is 283 g/mol. The zero-order valence-corrected chi connectivity index (χ0v) is 11.1. The highest BCUT2D eigenvalue weighted by molar-refractivity contribution is 9.10. The molecule has 0 radical (unpaired) electrons. The van der Waals surface area contributed by atoms with Crippen molar-refractivity contribution in [3.63, 3.8) is 0 Å². The molecule has 0 fully saturated rings. The molecule has 0 saturated carbocycles. The molecule has 1 unspecified atom stereocenters. The lowest BCUT2D eigenvalue weighted by molar-refractivity contribution is 0.331. The van der Waals surface area contributed by atoms with Gasteiger partial charge in [-0.2, -0.15) is 0 Å². The summed E-state index contributed by atoms with van der Waals surface area (Å²) in [6, 6.07) is 2.05. The predicted molar refractivity (Wildman–Crippen MR) is 63.4 cm³/mol. The molecule has 0 spiro atoms. The van der Waals surface area contributed by atoms with Crippen LogP contribution in [0, 0.1) is 5.41 Å². The SMILES string of the molecule is CC(C)(C)C(N)c1cc(Br)c(Cl)s1. The Hall–Kier alpha value is 0.430. The Morgan fingerprint density at radius 2 is 2.08 bits per heavy atom. The predicted octanol–water partition coefficient (Wildman–Crippen LogP) is 4.21. The number of hydrogen-bond donors (Lipinski definition) is 1. The fraction of sp³-hybridized carbons (Fsp3) is 0.556. The van der Waals surface area contributed by atoms with Gasteiger partial charge in [-0.3, -0.25) is 0 Å². The maximum Gasteiger partial charge on any atom is 0.107 e. The largest absolute Gasteiger partial charge is 0.323 e. The van der Waals surface area contributed by atoms with Crippen LogP contribution in [0.25, 0.3) is 0 Å². The van der Waals surface area contributed by atoms with Crippen molar-refractivity contribution in [3.05, 3.63) is 19.8 Å². The molecule has 1 atom stereocenters. The second-order valence-corrected chi connectivity index (χ2v) is 6.65.